The molecule has 146 valence electrons. The lowest BCUT2D eigenvalue weighted by molar-refractivity contribution is 0.312. The summed E-state index contributed by atoms with van der Waals surface area (Å²) < 4.78 is 42.4. The number of rotatable bonds is 4. The molecule has 28 heavy (non-hydrogen) atoms. The summed E-state index contributed by atoms with van der Waals surface area (Å²) in [6.07, 6.45) is 4.61. The van der Waals surface area contributed by atoms with E-state index in [4.69, 9.17) is 4.98 Å². The Morgan fingerprint density at radius 3 is 2.75 bits per heavy atom. The Balaban J connectivity index is 1.59. The van der Waals surface area contributed by atoms with Gasteiger partial charge in [-0.05, 0) is 37.1 Å². The first-order valence-electron chi connectivity index (χ1n) is 9.14. The van der Waals surface area contributed by atoms with Crippen molar-refractivity contribution in [3.63, 3.8) is 0 Å². The lowest BCUT2D eigenvalue weighted by Crippen LogP contribution is -2.39. The Kier molecular flexibility index (Phi) is 4.99. The summed E-state index contributed by atoms with van der Waals surface area (Å²) in [4.78, 5) is 8.70. The fourth-order valence-corrected chi connectivity index (χ4v) is 5.03. The molecule has 0 amide bonds. The molecule has 0 saturated carbocycles. The first-order valence-corrected chi connectivity index (χ1v) is 10.6. The van der Waals surface area contributed by atoms with E-state index in [1.165, 1.54) is 29.0 Å². The van der Waals surface area contributed by atoms with E-state index in [9.17, 15) is 12.8 Å². The van der Waals surface area contributed by atoms with Crippen LogP contribution < -0.4 is 0 Å². The van der Waals surface area contributed by atoms with Crippen molar-refractivity contribution in [2.24, 2.45) is 7.05 Å². The molecule has 4 rings (SSSR count). The summed E-state index contributed by atoms with van der Waals surface area (Å²) in [5.74, 6) is -0.323. The minimum atomic E-state index is -3.63. The van der Waals surface area contributed by atoms with Gasteiger partial charge < -0.3 is 4.57 Å². The Bertz CT molecular complexity index is 1100. The second kappa shape index (κ2) is 7.44. The van der Waals surface area contributed by atoms with Crippen LogP contribution in [0.2, 0.25) is 0 Å². The van der Waals surface area contributed by atoms with E-state index in [0.29, 0.717) is 24.3 Å². The number of benzene rings is 1. The molecule has 1 aliphatic heterocycles. The summed E-state index contributed by atoms with van der Waals surface area (Å²) in [6.45, 7) is 0.831. The number of nitrogens with zero attached hydrogens (tertiary/aromatic N) is 4. The Labute approximate surface area is 163 Å². The maximum Gasteiger partial charge on any atom is 0.262 e. The highest BCUT2D eigenvalue weighted by molar-refractivity contribution is 7.89. The zero-order valence-corrected chi connectivity index (χ0v) is 16.3. The number of aryl methyl sites for hydroxylation is 1. The van der Waals surface area contributed by atoms with Crippen LogP contribution in [-0.2, 0) is 17.1 Å². The van der Waals surface area contributed by atoms with Gasteiger partial charge in [-0.15, -0.1) is 0 Å². The predicted octanol–water partition coefficient (Wildman–Crippen LogP) is 3.19. The van der Waals surface area contributed by atoms with Gasteiger partial charge in [0.1, 0.15) is 5.82 Å². The van der Waals surface area contributed by atoms with E-state index >= 15 is 0 Å². The van der Waals surface area contributed by atoms with Gasteiger partial charge in [0, 0.05) is 43.5 Å². The minimum absolute atomic E-state index is 0.0132. The van der Waals surface area contributed by atoms with Crippen molar-refractivity contribution in [2.45, 2.75) is 23.8 Å². The van der Waals surface area contributed by atoms with Crippen LogP contribution in [0, 0.1) is 5.82 Å². The van der Waals surface area contributed by atoms with Crippen molar-refractivity contribution in [2.75, 3.05) is 13.1 Å². The molecular weight excluding hydrogens is 379 g/mol. The van der Waals surface area contributed by atoms with Gasteiger partial charge in [-0.1, -0.05) is 18.2 Å². The predicted molar refractivity (Wildman–Crippen MR) is 104 cm³/mol. The molecule has 1 aliphatic rings. The number of hydrogen-bond acceptors (Lipinski definition) is 4. The van der Waals surface area contributed by atoms with E-state index in [1.807, 2.05) is 24.3 Å². The molecule has 0 radical (unpaired) electrons. The van der Waals surface area contributed by atoms with Gasteiger partial charge in [-0.3, -0.25) is 4.98 Å². The van der Waals surface area contributed by atoms with Crippen LogP contribution in [0.3, 0.4) is 0 Å². The second-order valence-electron chi connectivity index (χ2n) is 7.04. The summed E-state index contributed by atoms with van der Waals surface area (Å²) in [5, 5.41) is 0.0668. The molecule has 1 fully saturated rings. The fourth-order valence-electron chi connectivity index (χ4n) is 3.54. The molecule has 6 nitrogen and oxygen atoms in total. The van der Waals surface area contributed by atoms with Gasteiger partial charge in [-0.25, -0.2) is 17.8 Å². The standard InChI is InChI=1S/C20H21FN4O2S/c1-24-13-20(22-14-24)28(26,27)25-10-4-6-16(12-25)19-9-3-8-18(23-19)15-5-2-7-17(21)11-15/h2-3,5,7-9,11,13-14,16H,4,6,10,12H2,1H3/t16-/m1/s1. The van der Waals surface area contributed by atoms with E-state index in [-0.39, 0.29) is 16.8 Å². The number of hydrogen-bond donors (Lipinski definition) is 0. The summed E-state index contributed by atoms with van der Waals surface area (Å²) in [5.41, 5.74) is 2.21. The molecule has 1 saturated heterocycles. The highest BCUT2D eigenvalue weighted by Crippen LogP contribution is 2.30. The molecule has 0 spiro atoms. The zero-order valence-electron chi connectivity index (χ0n) is 15.5. The van der Waals surface area contributed by atoms with Crippen LogP contribution in [0.25, 0.3) is 11.3 Å². The number of pyridine rings is 1. The molecule has 1 aromatic carbocycles. The van der Waals surface area contributed by atoms with Gasteiger partial charge in [-0.2, -0.15) is 4.31 Å². The number of imidazole rings is 1. The molecule has 0 unspecified atom stereocenters. The smallest absolute Gasteiger partial charge is 0.262 e. The van der Waals surface area contributed by atoms with E-state index in [0.717, 1.165) is 18.5 Å². The molecule has 3 heterocycles. The first kappa shape index (κ1) is 18.8. The van der Waals surface area contributed by atoms with Crippen molar-refractivity contribution < 1.29 is 12.8 Å². The maximum absolute atomic E-state index is 13.5. The van der Waals surface area contributed by atoms with Gasteiger partial charge in [0.2, 0.25) is 0 Å². The van der Waals surface area contributed by atoms with Crippen molar-refractivity contribution in [1.82, 2.24) is 18.8 Å². The number of aromatic nitrogens is 3. The maximum atomic E-state index is 13.5. The van der Waals surface area contributed by atoms with Crippen LogP contribution in [0.5, 0.6) is 0 Å². The molecule has 0 aliphatic carbocycles. The third kappa shape index (κ3) is 3.70. The van der Waals surface area contributed by atoms with Gasteiger partial charge >= 0.3 is 0 Å². The van der Waals surface area contributed by atoms with E-state index in [2.05, 4.69) is 4.98 Å². The fraction of sp³-hybridized carbons (Fsp3) is 0.300. The van der Waals surface area contributed by atoms with Crippen LogP contribution in [-0.4, -0.2) is 40.3 Å². The summed E-state index contributed by atoms with van der Waals surface area (Å²) >= 11 is 0. The molecule has 0 bridgehead atoms. The number of halogens is 1. The Morgan fingerprint density at radius 1 is 1.18 bits per heavy atom. The SMILES string of the molecule is Cn1cnc(S(=O)(=O)N2CCC[C@@H](c3cccc(-c4cccc(F)c4)n3)C2)c1. The molecule has 3 aromatic rings. The molecule has 1 atom stereocenters. The largest absolute Gasteiger partial charge is 0.339 e. The van der Waals surface area contributed by atoms with Crippen molar-refractivity contribution >= 4 is 10.0 Å². The van der Waals surface area contributed by atoms with Gasteiger partial charge in [0.05, 0.1) is 12.0 Å². The first-order chi connectivity index (χ1) is 13.4. The average Bonchev–Trinajstić information content (AvgIpc) is 3.15. The Hall–Kier alpha value is -2.58. The van der Waals surface area contributed by atoms with Crippen LogP contribution in [0.15, 0.2) is 60.0 Å². The van der Waals surface area contributed by atoms with Crippen LogP contribution in [0.4, 0.5) is 4.39 Å². The molecule has 8 heteroatoms. The lowest BCUT2D eigenvalue weighted by Gasteiger charge is -2.31. The summed E-state index contributed by atoms with van der Waals surface area (Å²) in [6, 6.07) is 11.9. The number of sulfonamides is 1. The van der Waals surface area contributed by atoms with Crippen LogP contribution in [0.1, 0.15) is 24.5 Å². The normalized spacial score (nSPS) is 18.3. The minimum Gasteiger partial charge on any atom is -0.339 e. The number of piperidine rings is 1. The zero-order chi connectivity index (χ0) is 19.7. The van der Waals surface area contributed by atoms with Gasteiger partial charge in [0.25, 0.3) is 10.0 Å². The topological polar surface area (TPSA) is 68.1 Å². The second-order valence-corrected chi connectivity index (χ2v) is 8.92. The van der Waals surface area contributed by atoms with Crippen molar-refractivity contribution in [3.05, 3.63) is 66.5 Å². The van der Waals surface area contributed by atoms with Crippen molar-refractivity contribution in [3.8, 4) is 11.3 Å². The highest BCUT2D eigenvalue weighted by Gasteiger charge is 2.32. The van der Waals surface area contributed by atoms with Crippen molar-refractivity contribution in [1.29, 1.82) is 0 Å². The Morgan fingerprint density at radius 2 is 2.00 bits per heavy atom. The lowest BCUT2D eigenvalue weighted by atomic mass is 9.95. The van der Waals surface area contributed by atoms with E-state index < -0.39 is 10.0 Å². The summed E-state index contributed by atoms with van der Waals surface area (Å²) in [7, 11) is -1.88. The highest BCUT2D eigenvalue weighted by atomic mass is 32.2. The average molecular weight is 400 g/mol. The van der Waals surface area contributed by atoms with E-state index in [1.54, 1.807) is 17.7 Å². The third-order valence-electron chi connectivity index (χ3n) is 4.98. The molecule has 2 aromatic heterocycles. The van der Waals surface area contributed by atoms with Crippen LogP contribution >= 0.6 is 0 Å². The monoisotopic (exact) mass is 400 g/mol. The molecular formula is C20H21FN4O2S. The third-order valence-corrected chi connectivity index (χ3v) is 6.73. The van der Waals surface area contributed by atoms with Gasteiger partial charge in [0.15, 0.2) is 5.03 Å². The molecule has 0 N–H and O–H groups in total. The quantitative estimate of drug-likeness (QED) is 0.675.